The zero-order valence-corrected chi connectivity index (χ0v) is 13.8. The Labute approximate surface area is 130 Å². The van der Waals surface area contributed by atoms with Gasteiger partial charge in [-0.15, -0.1) is 10.2 Å². The van der Waals surface area contributed by atoms with Gasteiger partial charge in [-0.25, -0.2) is 0 Å². The summed E-state index contributed by atoms with van der Waals surface area (Å²) in [7, 11) is 0.763. The first kappa shape index (κ1) is 15.5. The topological polar surface area (TPSA) is 47.8 Å². The third-order valence-corrected chi connectivity index (χ3v) is 5.60. The molecule has 4 nitrogen and oxygen atoms in total. The smallest absolute Gasteiger partial charge is 0.145 e. The highest BCUT2D eigenvalue weighted by Gasteiger charge is 2.18. The van der Waals surface area contributed by atoms with Gasteiger partial charge in [-0.3, -0.25) is 4.21 Å². The predicted molar refractivity (Wildman–Crippen MR) is 82.5 cm³/mol. The molecule has 0 N–H and O–H groups in total. The van der Waals surface area contributed by atoms with Gasteiger partial charge in [0.15, 0.2) is 0 Å². The van der Waals surface area contributed by atoms with Crippen LogP contribution in [0.1, 0.15) is 29.4 Å². The minimum absolute atomic E-state index is 0.151. The summed E-state index contributed by atoms with van der Waals surface area (Å²) in [5.74, 6) is 1.88. The van der Waals surface area contributed by atoms with Gasteiger partial charge in [0.05, 0.1) is 21.0 Å². The minimum Gasteiger partial charge on any atom is -0.318 e. The summed E-state index contributed by atoms with van der Waals surface area (Å²) in [6.45, 7) is 3.76. The molecular formula is C13H15Cl2N3OS. The highest BCUT2D eigenvalue weighted by Crippen LogP contribution is 2.28. The zero-order valence-electron chi connectivity index (χ0n) is 11.4. The average molecular weight is 332 g/mol. The molecule has 0 saturated carbocycles. The van der Waals surface area contributed by atoms with Gasteiger partial charge in [-0.05, 0) is 31.5 Å². The molecule has 108 valence electrons. The number of benzene rings is 1. The maximum Gasteiger partial charge on any atom is 0.145 e. The summed E-state index contributed by atoms with van der Waals surface area (Å²) in [6.07, 6.45) is 0. The maximum atomic E-state index is 12.4. The van der Waals surface area contributed by atoms with Crippen molar-refractivity contribution in [3.8, 4) is 0 Å². The number of aromatic nitrogens is 3. The lowest BCUT2D eigenvalue weighted by Crippen LogP contribution is -2.09. The number of nitrogens with zero attached hydrogens (tertiary/aromatic N) is 3. The van der Waals surface area contributed by atoms with E-state index in [2.05, 4.69) is 10.2 Å². The van der Waals surface area contributed by atoms with E-state index in [1.165, 1.54) is 0 Å². The fourth-order valence-electron chi connectivity index (χ4n) is 1.75. The van der Waals surface area contributed by atoms with Gasteiger partial charge in [0.25, 0.3) is 0 Å². The lowest BCUT2D eigenvalue weighted by Gasteiger charge is -2.12. The van der Waals surface area contributed by atoms with E-state index in [0.29, 0.717) is 21.6 Å². The molecular weight excluding hydrogens is 317 g/mol. The molecule has 0 radical (unpaired) electrons. The van der Waals surface area contributed by atoms with Gasteiger partial charge in [-0.2, -0.15) is 0 Å². The Balaban J connectivity index is 2.16. The highest BCUT2D eigenvalue weighted by molar-refractivity contribution is 7.84. The Kier molecular flexibility index (Phi) is 4.83. The largest absolute Gasteiger partial charge is 0.318 e. The van der Waals surface area contributed by atoms with Gasteiger partial charge in [0.2, 0.25) is 0 Å². The molecule has 0 saturated heterocycles. The molecule has 0 unspecified atom stereocenters. The predicted octanol–water partition coefficient (Wildman–Crippen LogP) is 3.44. The van der Waals surface area contributed by atoms with E-state index in [0.717, 1.165) is 11.4 Å². The summed E-state index contributed by atoms with van der Waals surface area (Å²) >= 11 is 11.9. The van der Waals surface area contributed by atoms with Crippen LogP contribution in [-0.4, -0.2) is 19.0 Å². The van der Waals surface area contributed by atoms with Crippen molar-refractivity contribution in [1.29, 1.82) is 0 Å². The Bertz CT molecular complexity index is 657. The first-order valence-corrected chi connectivity index (χ1v) is 8.21. The molecule has 1 heterocycles. The van der Waals surface area contributed by atoms with E-state index in [1.807, 2.05) is 31.5 Å². The van der Waals surface area contributed by atoms with Crippen LogP contribution in [0.25, 0.3) is 0 Å². The fraction of sp³-hybridized carbons (Fsp3) is 0.385. The first-order chi connectivity index (χ1) is 9.40. The van der Waals surface area contributed by atoms with Gasteiger partial charge in [-0.1, -0.05) is 29.3 Å². The molecule has 1 aromatic heterocycles. The second-order valence-corrected chi connectivity index (χ2v) is 7.13. The Hall–Kier alpha value is -0.910. The van der Waals surface area contributed by atoms with Gasteiger partial charge >= 0.3 is 0 Å². The SMILES string of the molecule is Cc1nnc(C[S@@](=O)[C@@H](C)c2ccc(Cl)c(Cl)c2)n1C. The number of aryl methyl sites for hydroxylation is 1. The van der Waals surface area contributed by atoms with Crippen LogP contribution in [0.5, 0.6) is 0 Å². The van der Waals surface area contributed by atoms with Crippen LogP contribution >= 0.6 is 23.2 Å². The van der Waals surface area contributed by atoms with Crippen molar-refractivity contribution in [3.05, 3.63) is 45.5 Å². The Morgan fingerprint density at radius 3 is 2.55 bits per heavy atom. The average Bonchev–Trinajstić information content (AvgIpc) is 2.73. The second-order valence-electron chi connectivity index (χ2n) is 4.56. The van der Waals surface area contributed by atoms with E-state index in [1.54, 1.807) is 12.1 Å². The Morgan fingerprint density at radius 1 is 1.30 bits per heavy atom. The van der Waals surface area contributed by atoms with E-state index in [-0.39, 0.29) is 5.25 Å². The highest BCUT2D eigenvalue weighted by atomic mass is 35.5. The normalized spacial score (nSPS) is 14.2. The van der Waals surface area contributed by atoms with Crippen LogP contribution < -0.4 is 0 Å². The number of hydrogen-bond acceptors (Lipinski definition) is 3. The number of halogens is 2. The van der Waals surface area contributed by atoms with Gasteiger partial charge < -0.3 is 4.57 Å². The summed E-state index contributed by atoms with van der Waals surface area (Å²) in [5.41, 5.74) is 0.900. The molecule has 0 spiro atoms. The van der Waals surface area contributed by atoms with E-state index >= 15 is 0 Å². The molecule has 0 bridgehead atoms. The van der Waals surface area contributed by atoms with E-state index in [4.69, 9.17) is 23.2 Å². The number of hydrogen-bond donors (Lipinski definition) is 0. The molecule has 0 fully saturated rings. The molecule has 7 heteroatoms. The van der Waals surface area contributed by atoms with Crippen molar-refractivity contribution in [1.82, 2.24) is 14.8 Å². The third kappa shape index (κ3) is 3.22. The maximum absolute atomic E-state index is 12.4. The molecule has 0 aliphatic heterocycles. The monoisotopic (exact) mass is 331 g/mol. The van der Waals surface area contributed by atoms with Crippen LogP contribution in [0.15, 0.2) is 18.2 Å². The van der Waals surface area contributed by atoms with Gasteiger partial charge in [0.1, 0.15) is 11.6 Å². The van der Waals surface area contributed by atoms with Crippen molar-refractivity contribution < 1.29 is 4.21 Å². The standard InChI is InChI=1S/C13H15Cl2N3OS/c1-8(10-4-5-11(14)12(15)6-10)20(19)7-13-17-16-9(2)18(13)3/h4-6,8H,7H2,1-3H3/t8-,20+/m0/s1. The van der Waals surface area contributed by atoms with Crippen molar-refractivity contribution in [3.63, 3.8) is 0 Å². The van der Waals surface area contributed by atoms with Crippen LogP contribution in [0.4, 0.5) is 0 Å². The van der Waals surface area contributed by atoms with Crippen molar-refractivity contribution >= 4 is 34.0 Å². The van der Waals surface area contributed by atoms with E-state index < -0.39 is 10.8 Å². The minimum atomic E-state index is -1.10. The van der Waals surface area contributed by atoms with Crippen molar-refractivity contribution in [2.45, 2.75) is 24.9 Å². The van der Waals surface area contributed by atoms with Crippen LogP contribution in [0.3, 0.4) is 0 Å². The summed E-state index contributed by atoms with van der Waals surface area (Å²) < 4.78 is 14.3. The number of rotatable bonds is 4. The summed E-state index contributed by atoms with van der Waals surface area (Å²) in [5, 5.41) is 8.82. The lowest BCUT2D eigenvalue weighted by atomic mass is 10.2. The molecule has 2 rings (SSSR count). The van der Waals surface area contributed by atoms with E-state index in [9.17, 15) is 4.21 Å². The second kappa shape index (κ2) is 6.24. The summed E-state index contributed by atoms with van der Waals surface area (Å²) in [4.78, 5) is 0. The molecule has 20 heavy (non-hydrogen) atoms. The molecule has 0 aliphatic carbocycles. The first-order valence-electron chi connectivity index (χ1n) is 6.07. The van der Waals surface area contributed by atoms with Crippen molar-refractivity contribution in [2.75, 3.05) is 0 Å². The van der Waals surface area contributed by atoms with Crippen LogP contribution in [-0.2, 0) is 23.6 Å². The molecule has 2 aromatic rings. The lowest BCUT2D eigenvalue weighted by molar-refractivity contribution is 0.671. The molecule has 0 amide bonds. The Morgan fingerprint density at radius 2 is 2.00 bits per heavy atom. The van der Waals surface area contributed by atoms with Crippen molar-refractivity contribution in [2.24, 2.45) is 7.05 Å². The molecule has 2 atom stereocenters. The summed E-state index contributed by atoms with van der Waals surface area (Å²) in [6, 6.07) is 5.33. The quantitative estimate of drug-likeness (QED) is 0.862. The zero-order chi connectivity index (χ0) is 14.9. The third-order valence-electron chi connectivity index (χ3n) is 3.26. The van der Waals surface area contributed by atoms with Crippen LogP contribution in [0, 0.1) is 6.92 Å². The van der Waals surface area contributed by atoms with Gasteiger partial charge in [0, 0.05) is 17.8 Å². The molecule has 0 aliphatic rings. The molecule has 1 aromatic carbocycles. The van der Waals surface area contributed by atoms with Crippen LogP contribution in [0.2, 0.25) is 10.0 Å². The fourth-order valence-corrected chi connectivity index (χ4v) is 3.26.